The lowest BCUT2D eigenvalue weighted by Gasteiger charge is -2.32. The molecule has 1 aliphatic rings. The first-order valence-corrected chi connectivity index (χ1v) is 6.54. The first-order chi connectivity index (χ1) is 8.19. The highest BCUT2D eigenvalue weighted by atomic mass is 35.5. The number of aromatic nitrogens is 2. The number of hydrogen-bond acceptors (Lipinski definition) is 4. The summed E-state index contributed by atoms with van der Waals surface area (Å²) in [6, 6.07) is 0. The molecule has 102 valence electrons. The molecule has 0 aliphatic carbocycles. The SMILES string of the molecule is Cl.NCC1CCCN(Cc2cnc(Cl)nc2Cl)C1. The van der Waals surface area contributed by atoms with Gasteiger partial charge >= 0.3 is 0 Å². The molecule has 2 heterocycles. The maximum absolute atomic E-state index is 6.03. The fourth-order valence-corrected chi connectivity index (χ4v) is 2.57. The third-order valence-corrected chi connectivity index (χ3v) is 3.62. The van der Waals surface area contributed by atoms with Gasteiger partial charge in [-0.05, 0) is 43.5 Å². The van der Waals surface area contributed by atoms with Crippen LogP contribution in [0.25, 0.3) is 0 Å². The van der Waals surface area contributed by atoms with Crippen molar-refractivity contribution in [3.63, 3.8) is 0 Å². The maximum Gasteiger partial charge on any atom is 0.223 e. The lowest BCUT2D eigenvalue weighted by molar-refractivity contribution is 0.171. The van der Waals surface area contributed by atoms with Crippen molar-refractivity contribution in [3.05, 3.63) is 22.2 Å². The molecule has 0 bridgehead atoms. The van der Waals surface area contributed by atoms with Crippen LogP contribution >= 0.6 is 35.6 Å². The quantitative estimate of drug-likeness (QED) is 0.688. The summed E-state index contributed by atoms with van der Waals surface area (Å²) in [5, 5.41) is 0.636. The van der Waals surface area contributed by atoms with Crippen molar-refractivity contribution in [2.45, 2.75) is 19.4 Å². The Kier molecular flexibility index (Phi) is 6.60. The Morgan fingerprint density at radius 1 is 1.44 bits per heavy atom. The number of hydrogen-bond donors (Lipinski definition) is 1. The van der Waals surface area contributed by atoms with Crippen LogP contribution < -0.4 is 5.73 Å². The van der Waals surface area contributed by atoms with Gasteiger partial charge in [0.15, 0.2) is 0 Å². The molecule has 1 aromatic rings. The molecule has 2 N–H and O–H groups in total. The van der Waals surface area contributed by atoms with Gasteiger partial charge < -0.3 is 5.73 Å². The summed E-state index contributed by atoms with van der Waals surface area (Å²) in [6.45, 7) is 3.62. The third kappa shape index (κ3) is 4.21. The lowest BCUT2D eigenvalue weighted by atomic mass is 9.98. The smallest absolute Gasteiger partial charge is 0.223 e. The Morgan fingerprint density at radius 3 is 2.89 bits per heavy atom. The second-order valence-corrected chi connectivity index (χ2v) is 5.13. The van der Waals surface area contributed by atoms with Gasteiger partial charge in [-0.1, -0.05) is 11.6 Å². The van der Waals surface area contributed by atoms with Crippen LogP contribution in [-0.2, 0) is 6.54 Å². The highest BCUT2D eigenvalue weighted by molar-refractivity contribution is 6.32. The van der Waals surface area contributed by atoms with Gasteiger partial charge in [-0.3, -0.25) is 4.90 Å². The van der Waals surface area contributed by atoms with Crippen molar-refractivity contribution < 1.29 is 0 Å². The van der Waals surface area contributed by atoms with Crippen molar-refractivity contribution in [2.75, 3.05) is 19.6 Å². The van der Waals surface area contributed by atoms with Crippen LogP contribution in [0.3, 0.4) is 0 Å². The summed E-state index contributed by atoms with van der Waals surface area (Å²) in [6.07, 6.45) is 4.11. The molecule has 2 rings (SSSR count). The van der Waals surface area contributed by atoms with E-state index in [-0.39, 0.29) is 17.7 Å². The first-order valence-electron chi connectivity index (χ1n) is 5.78. The summed E-state index contributed by atoms with van der Waals surface area (Å²) in [5.74, 6) is 0.593. The second-order valence-electron chi connectivity index (χ2n) is 4.43. The number of nitrogens with two attached hydrogens (primary N) is 1. The molecule has 0 aromatic carbocycles. The van der Waals surface area contributed by atoms with Crippen LogP contribution in [0.15, 0.2) is 6.20 Å². The summed E-state index contributed by atoms with van der Waals surface area (Å²) >= 11 is 11.7. The molecular formula is C11H17Cl3N4. The maximum atomic E-state index is 6.03. The van der Waals surface area contributed by atoms with Gasteiger partial charge in [0.1, 0.15) is 5.15 Å². The van der Waals surface area contributed by atoms with E-state index in [9.17, 15) is 0 Å². The largest absolute Gasteiger partial charge is 0.330 e. The van der Waals surface area contributed by atoms with E-state index in [2.05, 4.69) is 14.9 Å². The van der Waals surface area contributed by atoms with Gasteiger partial charge in [0.2, 0.25) is 5.28 Å². The number of piperidine rings is 1. The highest BCUT2D eigenvalue weighted by Crippen LogP contribution is 2.20. The minimum absolute atomic E-state index is 0. The molecule has 0 spiro atoms. The molecule has 18 heavy (non-hydrogen) atoms. The first kappa shape index (κ1) is 15.9. The Morgan fingerprint density at radius 2 is 2.22 bits per heavy atom. The van der Waals surface area contributed by atoms with E-state index in [1.807, 2.05) is 0 Å². The van der Waals surface area contributed by atoms with Gasteiger partial charge in [-0.15, -0.1) is 12.4 Å². The fourth-order valence-electron chi connectivity index (χ4n) is 2.20. The molecular weight excluding hydrogens is 295 g/mol. The fraction of sp³-hybridized carbons (Fsp3) is 0.636. The van der Waals surface area contributed by atoms with Crippen LogP contribution in [0.4, 0.5) is 0 Å². The average Bonchev–Trinajstić information content (AvgIpc) is 2.33. The Balaban J connectivity index is 0.00000162. The van der Waals surface area contributed by atoms with Gasteiger partial charge in [-0.2, -0.15) is 0 Å². The molecule has 1 aliphatic heterocycles. The van der Waals surface area contributed by atoms with Crippen molar-refractivity contribution in [1.82, 2.24) is 14.9 Å². The second kappa shape index (κ2) is 7.46. The van der Waals surface area contributed by atoms with E-state index < -0.39 is 0 Å². The predicted molar refractivity (Wildman–Crippen MR) is 76.4 cm³/mol. The molecule has 1 aromatic heterocycles. The monoisotopic (exact) mass is 310 g/mol. The van der Waals surface area contributed by atoms with E-state index in [0.717, 1.165) is 31.7 Å². The zero-order valence-electron chi connectivity index (χ0n) is 9.98. The van der Waals surface area contributed by atoms with Gasteiger partial charge in [0.05, 0.1) is 0 Å². The minimum Gasteiger partial charge on any atom is -0.330 e. The summed E-state index contributed by atoms with van der Waals surface area (Å²) < 4.78 is 0. The summed E-state index contributed by atoms with van der Waals surface area (Å²) in [5.41, 5.74) is 6.64. The van der Waals surface area contributed by atoms with Crippen molar-refractivity contribution in [3.8, 4) is 0 Å². The molecule has 4 nitrogen and oxygen atoms in total. The Hall–Kier alpha value is -0.130. The van der Waals surface area contributed by atoms with E-state index in [0.29, 0.717) is 11.1 Å². The van der Waals surface area contributed by atoms with Crippen molar-refractivity contribution in [1.29, 1.82) is 0 Å². The molecule has 1 unspecified atom stereocenters. The van der Waals surface area contributed by atoms with Crippen LogP contribution in [-0.4, -0.2) is 34.5 Å². The summed E-state index contributed by atoms with van der Waals surface area (Å²) in [7, 11) is 0. The molecule has 0 saturated carbocycles. The molecule has 0 amide bonds. The van der Waals surface area contributed by atoms with Crippen LogP contribution in [0.5, 0.6) is 0 Å². The molecule has 1 saturated heterocycles. The normalized spacial score (nSPS) is 20.5. The number of rotatable bonds is 3. The number of halogens is 3. The number of nitrogens with zero attached hydrogens (tertiary/aromatic N) is 3. The summed E-state index contributed by atoms with van der Waals surface area (Å²) in [4.78, 5) is 10.3. The van der Waals surface area contributed by atoms with E-state index in [1.54, 1.807) is 6.20 Å². The predicted octanol–water partition coefficient (Wildman–Crippen LogP) is 2.38. The molecule has 1 atom stereocenters. The van der Waals surface area contributed by atoms with E-state index in [4.69, 9.17) is 28.9 Å². The number of likely N-dealkylation sites (tertiary alicyclic amines) is 1. The van der Waals surface area contributed by atoms with Crippen molar-refractivity contribution in [2.24, 2.45) is 11.7 Å². The van der Waals surface area contributed by atoms with Gasteiger partial charge in [0, 0.05) is 24.8 Å². The van der Waals surface area contributed by atoms with Crippen LogP contribution in [0.1, 0.15) is 18.4 Å². The molecule has 0 radical (unpaired) electrons. The standard InChI is InChI=1S/C11H16Cl2N4.ClH/c12-10-9(5-15-11(13)16-10)7-17-3-1-2-8(4-14)6-17;/h5,8H,1-4,6-7,14H2;1H. The van der Waals surface area contributed by atoms with E-state index >= 15 is 0 Å². The zero-order valence-corrected chi connectivity index (χ0v) is 12.3. The van der Waals surface area contributed by atoms with Gasteiger partial charge in [-0.25, -0.2) is 9.97 Å². The zero-order chi connectivity index (χ0) is 12.3. The van der Waals surface area contributed by atoms with E-state index in [1.165, 1.54) is 12.8 Å². The average molecular weight is 312 g/mol. The molecule has 7 heteroatoms. The van der Waals surface area contributed by atoms with Crippen LogP contribution in [0.2, 0.25) is 10.4 Å². The molecule has 1 fully saturated rings. The van der Waals surface area contributed by atoms with Crippen LogP contribution in [0, 0.1) is 5.92 Å². The Labute approximate surface area is 123 Å². The lowest BCUT2D eigenvalue weighted by Crippen LogP contribution is -2.37. The minimum atomic E-state index is 0. The Bertz CT molecular complexity index is 389. The highest BCUT2D eigenvalue weighted by Gasteiger charge is 2.19. The third-order valence-electron chi connectivity index (χ3n) is 3.11. The van der Waals surface area contributed by atoms with Gasteiger partial charge in [0.25, 0.3) is 0 Å². The van der Waals surface area contributed by atoms with Crippen molar-refractivity contribution >= 4 is 35.6 Å². The topological polar surface area (TPSA) is 55.0 Å².